The highest BCUT2D eigenvalue weighted by Crippen LogP contribution is 2.28. The first kappa shape index (κ1) is 14.9. The average Bonchev–Trinajstić information content (AvgIpc) is 2.43. The summed E-state index contributed by atoms with van der Waals surface area (Å²) in [6, 6.07) is 5.81. The lowest BCUT2D eigenvalue weighted by atomic mass is 10.00. The quantitative estimate of drug-likeness (QED) is 0.906. The van der Waals surface area contributed by atoms with Crippen LogP contribution in [0, 0.1) is 5.82 Å². The molecule has 106 valence electrons. The van der Waals surface area contributed by atoms with E-state index in [0.717, 1.165) is 29.7 Å². The predicted molar refractivity (Wildman–Crippen MR) is 80.8 cm³/mol. The molecule has 2 atom stereocenters. The molecule has 4 heteroatoms. The van der Waals surface area contributed by atoms with Crippen LogP contribution in [0.2, 0.25) is 0 Å². The molecule has 1 aromatic rings. The second-order valence-corrected chi connectivity index (χ2v) is 6.09. The van der Waals surface area contributed by atoms with Crippen molar-refractivity contribution in [3.8, 4) is 0 Å². The number of piperidine rings is 1. The van der Waals surface area contributed by atoms with Crippen molar-refractivity contribution in [2.45, 2.75) is 38.8 Å². The lowest BCUT2D eigenvalue weighted by Gasteiger charge is -2.38. The van der Waals surface area contributed by atoms with Gasteiger partial charge in [0, 0.05) is 28.7 Å². The van der Waals surface area contributed by atoms with Crippen LogP contribution < -0.4 is 5.32 Å². The number of halogens is 2. The van der Waals surface area contributed by atoms with E-state index in [-0.39, 0.29) is 11.9 Å². The smallest absolute Gasteiger partial charge is 0.128 e. The van der Waals surface area contributed by atoms with Crippen LogP contribution in [0.5, 0.6) is 0 Å². The zero-order valence-corrected chi connectivity index (χ0v) is 13.2. The molecule has 1 N–H and O–H groups in total. The molecular weight excluding hydrogens is 307 g/mol. The summed E-state index contributed by atoms with van der Waals surface area (Å²) in [6.45, 7) is 7.31. The lowest BCUT2D eigenvalue weighted by Crippen LogP contribution is -2.47. The highest BCUT2D eigenvalue weighted by atomic mass is 79.9. The van der Waals surface area contributed by atoms with Gasteiger partial charge >= 0.3 is 0 Å². The third-order valence-electron chi connectivity index (χ3n) is 4.01. The summed E-state index contributed by atoms with van der Waals surface area (Å²) in [4.78, 5) is 2.40. The minimum absolute atomic E-state index is 0.104. The third-order valence-corrected chi connectivity index (χ3v) is 4.50. The van der Waals surface area contributed by atoms with Gasteiger partial charge in [-0.3, -0.25) is 4.90 Å². The molecular formula is C15H22BrFN2. The van der Waals surface area contributed by atoms with Crippen molar-refractivity contribution >= 4 is 15.9 Å². The molecule has 1 aliphatic rings. The Labute approximate surface area is 123 Å². The van der Waals surface area contributed by atoms with Crippen LogP contribution in [-0.4, -0.2) is 30.6 Å². The summed E-state index contributed by atoms with van der Waals surface area (Å²) in [5.41, 5.74) is 0.779. The molecule has 1 saturated heterocycles. The normalized spacial score (nSPS) is 21.6. The molecule has 0 radical (unpaired) electrons. The average molecular weight is 329 g/mol. The molecule has 0 aliphatic carbocycles. The molecule has 1 aromatic carbocycles. The number of hydrogen-bond donors (Lipinski definition) is 1. The Bertz CT molecular complexity index is 419. The fraction of sp³-hybridized carbons (Fsp3) is 0.600. The first-order valence-corrected chi connectivity index (χ1v) is 7.84. The van der Waals surface area contributed by atoms with E-state index < -0.39 is 0 Å². The number of hydrogen-bond acceptors (Lipinski definition) is 2. The maximum absolute atomic E-state index is 14.0. The van der Waals surface area contributed by atoms with Gasteiger partial charge < -0.3 is 5.32 Å². The topological polar surface area (TPSA) is 15.3 Å². The zero-order chi connectivity index (χ0) is 13.8. The van der Waals surface area contributed by atoms with E-state index >= 15 is 0 Å². The van der Waals surface area contributed by atoms with Gasteiger partial charge in [0.2, 0.25) is 0 Å². The SMILES string of the molecule is CCN(C1CCCNC1)C(C)c1cc(Br)ccc1F. The Morgan fingerprint density at radius 3 is 2.95 bits per heavy atom. The first-order valence-electron chi connectivity index (χ1n) is 7.05. The second-order valence-electron chi connectivity index (χ2n) is 5.17. The van der Waals surface area contributed by atoms with Crippen LogP contribution >= 0.6 is 15.9 Å². The van der Waals surface area contributed by atoms with Gasteiger partial charge in [0.1, 0.15) is 5.82 Å². The molecule has 19 heavy (non-hydrogen) atoms. The molecule has 0 spiro atoms. The van der Waals surface area contributed by atoms with E-state index in [0.29, 0.717) is 6.04 Å². The van der Waals surface area contributed by atoms with Crippen LogP contribution in [-0.2, 0) is 0 Å². The Hall–Kier alpha value is -0.450. The minimum atomic E-state index is -0.113. The molecule has 2 unspecified atom stereocenters. The molecule has 2 rings (SSSR count). The first-order chi connectivity index (χ1) is 9.13. The Morgan fingerprint density at radius 1 is 1.53 bits per heavy atom. The fourth-order valence-corrected chi connectivity index (χ4v) is 3.36. The monoisotopic (exact) mass is 328 g/mol. The fourth-order valence-electron chi connectivity index (χ4n) is 2.98. The van der Waals surface area contributed by atoms with E-state index in [1.165, 1.54) is 12.8 Å². The van der Waals surface area contributed by atoms with Gasteiger partial charge in [0.05, 0.1) is 0 Å². The van der Waals surface area contributed by atoms with Crippen molar-refractivity contribution in [1.82, 2.24) is 10.2 Å². The summed E-state index contributed by atoms with van der Waals surface area (Å²) in [7, 11) is 0. The summed E-state index contributed by atoms with van der Waals surface area (Å²) in [6.07, 6.45) is 2.40. The van der Waals surface area contributed by atoms with E-state index in [2.05, 4.69) is 40.0 Å². The zero-order valence-electron chi connectivity index (χ0n) is 11.6. The molecule has 2 nitrogen and oxygen atoms in total. The van der Waals surface area contributed by atoms with E-state index in [9.17, 15) is 4.39 Å². The van der Waals surface area contributed by atoms with Crippen LogP contribution in [0.25, 0.3) is 0 Å². The molecule has 0 saturated carbocycles. The maximum Gasteiger partial charge on any atom is 0.128 e. The molecule has 1 heterocycles. The van der Waals surface area contributed by atoms with Gasteiger partial charge in [-0.25, -0.2) is 4.39 Å². The predicted octanol–water partition coefficient (Wildman–Crippen LogP) is 3.72. The number of likely N-dealkylation sites (N-methyl/N-ethyl adjacent to an activating group) is 1. The van der Waals surface area contributed by atoms with Gasteiger partial charge in [0.25, 0.3) is 0 Å². The van der Waals surface area contributed by atoms with Gasteiger partial charge in [-0.05, 0) is 51.1 Å². The Morgan fingerprint density at radius 2 is 2.32 bits per heavy atom. The van der Waals surface area contributed by atoms with Gasteiger partial charge in [-0.15, -0.1) is 0 Å². The van der Waals surface area contributed by atoms with Crippen LogP contribution in [0.15, 0.2) is 22.7 Å². The summed E-state index contributed by atoms with van der Waals surface area (Å²) in [5.74, 6) is -0.113. The van der Waals surface area contributed by atoms with Crippen molar-refractivity contribution < 1.29 is 4.39 Å². The number of nitrogens with one attached hydrogen (secondary N) is 1. The van der Waals surface area contributed by atoms with Crippen molar-refractivity contribution in [3.63, 3.8) is 0 Å². The summed E-state index contributed by atoms with van der Waals surface area (Å²) < 4.78 is 15.0. The van der Waals surface area contributed by atoms with Crippen molar-refractivity contribution in [2.24, 2.45) is 0 Å². The third kappa shape index (κ3) is 3.56. The van der Waals surface area contributed by atoms with Crippen LogP contribution in [0.1, 0.15) is 38.3 Å². The van der Waals surface area contributed by atoms with Gasteiger partial charge in [-0.1, -0.05) is 22.9 Å². The van der Waals surface area contributed by atoms with E-state index in [4.69, 9.17) is 0 Å². The molecule has 0 amide bonds. The minimum Gasteiger partial charge on any atom is -0.315 e. The highest BCUT2D eigenvalue weighted by molar-refractivity contribution is 9.10. The van der Waals surface area contributed by atoms with Crippen LogP contribution in [0.4, 0.5) is 4.39 Å². The summed E-state index contributed by atoms with van der Waals surface area (Å²) in [5, 5.41) is 3.44. The van der Waals surface area contributed by atoms with Crippen molar-refractivity contribution in [1.29, 1.82) is 0 Å². The van der Waals surface area contributed by atoms with Crippen molar-refractivity contribution in [2.75, 3.05) is 19.6 Å². The lowest BCUT2D eigenvalue weighted by molar-refractivity contribution is 0.126. The summed E-state index contributed by atoms with van der Waals surface area (Å²) >= 11 is 3.43. The van der Waals surface area contributed by atoms with Crippen molar-refractivity contribution in [3.05, 3.63) is 34.1 Å². The standard InChI is InChI=1S/C15H22BrFN2/c1-3-19(13-5-4-8-18-10-13)11(2)14-9-12(16)6-7-15(14)17/h6-7,9,11,13,18H,3-5,8,10H2,1-2H3. The van der Waals surface area contributed by atoms with E-state index in [1.54, 1.807) is 12.1 Å². The Kier molecular flexibility index (Phi) is 5.37. The Balaban J connectivity index is 2.19. The molecule has 1 aliphatic heterocycles. The van der Waals surface area contributed by atoms with Gasteiger partial charge in [-0.2, -0.15) is 0 Å². The highest BCUT2D eigenvalue weighted by Gasteiger charge is 2.26. The van der Waals surface area contributed by atoms with Gasteiger partial charge in [0.15, 0.2) is 0 Å². The van der Waals surface area contributed by atoms with E-state index in [1.807, 2.05) is 6.07 Å². The molecule has 0 aromatic heterocycles. The maximum atomic E-state index is 14.0. The number of benzene rings is 1. The molecule has 0 bridgehead atoms. The molecule has 1 fully saturated rings. The second kappa shape index (κ2) is 6.82. The number of nitrogens with zero attached hydrogens (tertiary/aromatic N) is 1. The number of rotatable bonds is 4. The largest absolute Gasteiger partial charge is 0.315 e. The van der Waals surface area contributed by atoms with Crippen LogP contribution in [0.3, 0.4) is 0 Å².